The highest BCUT2D eigenvalue weighted by Gasteiger charge is 2.30. The molecule has 1 saturated carbocycles. The van der Waals surface area contributed by atoms with Gasteiger partial charge in [-0.3, -0.25) is 0 Å². The summed E-state index contributed by atoms with van der Waals surface area (Å²) in [4.78, 5) is 6.89. The van der Waals surface area contributed by atoms with Gasteiger partial charge in [-0.05, 0) is 74.9 Å². The largest absolute Gasteiger partial charge is 0.339 e. The molecule has 30 heavy (non-hydrogen) atoms. The third-order valence-electron chi connectivity index (χ3n) is 6.28. The standard InChI is InChI=1S/C25H30FN3O/c1-29(2)25(21-12-14-22(26)15-13-21)20-10-8-19(9-11-20)17-24-27-23(28-30-24)16-18-6-4-3-5-7-18/h3-7,12-15,19-20,25H,8-11,16-17H2,1-2H3. The Balaban J connectivity index is 1.32. The average Bonchev–Trinajstić information content (AvgIpc) is 3.18. The van der Waals surface area contributed by atoms with Gasteiger partial charge in [-0.1, -0.05) is 47.6 Å². The Morgan fingerprint density at radius 3 is 2.37 bits per heavy atom. The molecule has 0 radical (unpaired) electrons. The van der Waals surface area contributed by atoms with Crippen molar-refractivity contribution >= 4 is 0 Å². The molecule has 1 unspecified atom stereocenters. The summed E-state index contributed by atoms with van der Waals surface area (Å²) >= 11 is 0. The van der Waals surface area contributed by atoms with Gasteiger partial charge in [0.1, 0.15) is 5.82 Å². The molecule has 1 aliphatic carbocycles. The molecule has 0 spiro atoms. The van der Waals surface area contributed by atoms with E-state index in [1.165, 1.54) is 11.1 Å². The molecule has 5 heteroatoms. The second-order valence-corrected chi connectivity index (χ2v) is 8.71. The van der Waals surface area contributed by atoms with Gasteiger partial charge >= 0.3 is 0 Å². The zero-order valence-corrected chi connectivity index (χ0v) is 17.8. The number of rotatable bonds is 7. The van der Waals surface area contributed by atoms with Crippen LogP contribution < -0.4 is 0 Å². The number of benzene rings is 2. The Bertz CT molecular complexity index is 915. The number of hydrogen-bond acceptors (Lipinski definition) is 4. The lowest BCUT2D eigenvalue weighted by Crippen LogP contribution is -2.30. The summed E-state index contributed by atoms with van der Waals surface area (Å²) in [6.07, 6.45) is 6.21. The molecular weight excluding hydrogens is 377 g/mol. The molecule has 1 heterocycles. The molecule has 1 aromatic heterocycles. The fourth-order valence-corrected chi connectivity index (χ4v) is 4.83. The zero-order chi connectivity index (χ0) is 20.9. The molecule has 2 aromatic carbocycles. The van der Waals surface area contributed by atoms with Crippen LogP contribution in [0, 0.1) is 17.7 Å². The molecule has 158 valence electrons. The second-order valence-electron chi connectivity index (χ2n) is 8.71. The lowest BCUT2D eigenvalue weighted by Gasteiger charge is -2.37. The van der Waals surface area contributed by atoms with Crippen molar-refractivity contribution < 1.29 is 8.91 Å². The number of hydrogen-bond donors (Lipinski definition) is 0. The van der Waals surface area contributed by atoms with Crippen LogP contribution in [0.2, 0.25) is 0 Å². The van der Waals surface area contributed by atoms with E-state index < -0.39 is 0 Å². The monoisotopic (exact) mass is 407 g/mol. The van der Waals surface area contributed by atoms with E-state index in [4.69, 9.17) is 4.52 Å². The number of aromatic nitrogens is 2. The van der Waals surface area contributed by atoms with Gasteiger partial charge in [0.05, 0.1) is 0 Å². The molecule has 0 N–H and O–H groups in total. The van der Waals surface area contributed by atoms with E-state index in [1.54, 1.807) is 12.1 Å². The number of halogens is 1. The minimum atomic E-state index is -0.175. The fraction of sp³-hybridized carbons (Fsp3) is 0.440. The van der Waals surface area contributed by atoms with Crippen LogP contribution in [0.4, 0.5) is 4.39 Å². The smallest absolute Gasteiger partial charge is 0.226 e. The van der Waals surface area contributed by atoms with E-state index in [2.05, 4.69) is 41.3 Å². The summed E-state index contributed by atoms with van der Waals surface area (Å²) in [6.45, 7) is 0. The van der Waals surface area contributed by atoms with Gasteiger partial charge in [0, 0.05) is 18.9 Å². The summed E-state index contributed by atoms with van der Waals surface area (Å²) in [5.74, 6) is 2.51. The molecule has 3 aromatic rings. The van der Waals surface area contributed by atoms with Crippen molar-refractivity contribution in [2.24, 2.45) is 11.8 Å². The highest BCUT2D eigenvalue weighted by molar-refractivity contribution is 5.21. The zero-order valence-electron chi connectivity index (χ0n) is 17.8. The molecule has 0 bridgehead atoms. The maximum Gasteiger partial charge on any atom is 0.226 e. The van der Waals surface area contributed by atoms with Gasteiger partial charge < -0.3 is 9.42 Å². The van der Waals surface area contributed by atoms with E-state index in [1.807, 2.05) is 30.3 Å². The number of nitrogens with zero attached hydrogens (tertiary/aromatic N) is 3. The summed E-state index contributed by atoms with van der Waals surface area (Å²) < 4.78 is 18.9. The van der Waals surface area contributed by atoms with Crippen molar-refractivity contribution in [3.05, 3.63) is 83.3 Å². The molecule has 0 saturated heterocycles. The first-order chi connectivity index (χ1) is 14.6. The Labute approximate surface area is 178 Å². The highest BCUT2D eigenvalue weighted by atomic mass is 19.1. The van der Waals surface area contributed by atoms with Gasteiger partial charge in [-0.25, -0.2) is 4.39 Å². The maximum absolute atomic E-state index is 13.3. The van der Waals surface area contributed by atoms with Gasteiger partial charge in [-0.15, -0.1) is 0 Å². The molecule has 4 nitrogen and oxygen atoms in total. The minimum absolute atomic E-state index is 0.175. The third kappa shape index (κ3) is 5.14. The molecule has 4 rings (SSSR count). The summed E-state index contributed by atoms with van der Waals surface area (Å²) in [6, 6.07) is 17.6. The maximum atomic E-state index is 13.3. The molecule has 0 aliphatic heterocycles. The van der Waals surface area contributed by atoms with E-state index >= 15 is 0 Å². The van der Waals surface area contributed by atoms with Crippen LogP contribution in [0.5, 0.6) is 0 Å². The highest BCUT2D eigenvalue weighted by Crippen LogP contribution is 2.40. The second kappa shape index (κ2) is 9.52. The molecule has 1 atom stereocenters. The average molecular weight is 408 g/mol. The van der Waals surface area contributed by atoms with Crippen LogP contribution in [0.15, 0.2) is 59.1 Å². The van der Waals surface area contributed by atoms with E-state index in [0.717, 1.165) is 43.8 Å². The van der Waals surface area contributed by atoms with Crippen molar-refractivity contribution in [2.45, 2.75) is 44.6 Å². The van der Waals surface area contributed by atoms with Gasteiger partial charge in [0.15, 0.2) is 5.82 Å². The Morgan fingerprint density at radius 1 is 1.00 bits per heavy atom. The minimum Gasteiger partial charge on any atom is -0.339 e. The van der Waals surface area contributed by atoms with Crippen LogP contribution in [-0.2, 0) is 12.8 Å². The fourth-order valence-electron chi connectivity index (χ4n) is 4.83. The van der Waals surface area contributed by atoms with Gasteiger partial charge in [0.25, 0.3) is 0 Å². The van der Waals surface area contributed by atoms with Crippen molar-refractivity contribution in [3.63, 3.8) is 0 Å². The first-order valence-electron chi connectivity index (χ1n) is 10.9. The summed E-state index contributed by atoms with van der Waals surface area (Å²) in [5.41, 5.74) is 2.40. The van der Waals surface area contributed by atoms with Crippen LogP contribution in [0.3, 0.4) is 0 Å². The van der Waals surface area contributed by atoms with Crippen LogP contribution in [0.25, 0.3) is 0 Å². The predicted molar refractivity (Wildman–Crippen MR) is 116 cm³/mol. The van der Waals surface area contributed by atoms with Gasteiger partial charge in [-0.2, -0.15) is 4.98 Å². The Morgan fingerprint density at radius 2 is 1.70 bits per heavy atom. The molecule has 1 aliphatic rings. The molecule has 0 amide bonds. The lowest BCUT2D eigenvalue weighted by atomic mass is 9.75. The first-order valence-corrected chi connectivity index (χ1v) is 10.9. The van der Waals surface area contributed by atoms with E-state index in [9.17, 15) is 4.39 Å². The van der Waals surface area contributed by atoms with Crippen LogP contribution in [-0.4, -0.2) is 29.1 Å². The van der Waals surface area contributed by atoms with Crippen molar-refractivity contribution in [1.29, 1.82) is 0 Å². The van der Waals surface area contributed by atoms with Crippen molar-refractivity contribution in [1.82, 2.24) is 15.0 Å². The van der Waals surface area contributed by atoms with Crippen molar-refractivity contribution in [3.8, 4) is 0 Å². The van der Waals surface area contributed by atoms with Crippen molar-refractivity contribution in [2.75, 3.05) is 14.1 Å². The SMILES string of the molecule is CN(C)C(c1ccc(F)cc1)C1CCC(Cc2nc(Cc3ccccc3)no2)CC1. The summed E-state index contributed by atoms with van der Waals surface area (Å²) in [7, 11) is 4.24. The first kappa shape index (κ1) is 20.7. The Kier molecular flexibility index (Phi) is 6.58. The third-order valence-corrected chi connectivity index (χ3v) is 6.28. The lowest BCUT2D eigenvalue weighted by molar-refractivity contribution is 0.146. The van der Waals surface area contributed by atoms with E-state index in [-0.39, 0.29) is 5.82 Å². The quantitative estimate of drug-likeness (QED) is 0.522. The van der Waals surface area contributed by atoms with E-state index in [0.29, 0.717) is 24.3 Å². The molecular formula is C25H30FN3O. The predicted octanol–water partition coefficient (Wildman–Crippen LogP) is 5.45. The van der Waals surface area contributed by atoms with Gasteiger partial charge in [0.2, 0.25) is 5.89 Å². The normalized spacial score (nSPS) is 20.4. The summed E-state index contributed by atoms with van der Waals surface area (Å²) in [5, 5.41) is 4.17. The Hall–Kier alpha value is -2.53. The topological polar surface area (TPSA) is 42.2 Å². The van der Waals surface area contributed by atoms with Crippen LogP contribution in [0.1, 0.15) is 54.6 Å². The molecule has 1 fully saturated rings. The van der Waals surface area contributed by atoms with Crippen LogP contribution >= 0.6 is 0 Å².